The van der Waals surface area contributed by atoms with Crippen LogP contribution in [0.5, 0.6) is 0 Å². The molecule has 1 unspecified atom stereocenters. The average Bonchev–Trinajstić information content (AvgIpc) is 2.46. The van der Waals surface area contributed by atoms with E-state index in [4.69, 9.17) is 10.5 Å². The second kappa shape index (κ2) is 9.00. The number of hydrogen-bond acceptors (Lipinski definition) is 4. The molecular formula is C16H24N2O3. The number of hydrogen-bond donors (Lipinski definition) is 2. The number of esters is 1. The van der Waals surface area contributed by atoms with E-state index >= 15 is 0 Å². The molecule has 0 saturated heterocycles. The van der Waals surface area contributed by atoms with Crippen molar-refractivity contribution in [3.63, 3.8) is 0 Å². The van der Waals surface area contributed by atoms with E-state index < -0.39 is 6.10 Å². The molecule has 3 N–H and O–H groups in total. The Bertz CT molecular complexity index is 457. The zero-order chi connectivity index (χ0) is 15.7. The summed E-state index contributed by atoms with van der Waals surface area (Å²) in [4.78, 5) is 23.4. The number of carbonyl (C=O) groups excluding carboxylic acids is 2. The maximum absolute atomic E-state index is 11.7. The van der Waals surface area contributed by atoms with E-state index in [9.17, 15) is 9.59 Å². The predicted molar refractivity (Wildman–Crippen MR) is 82.6 cm³/mol. The van der Waals surface area contributed by atoms with Gasteiger partial charge < -0.3 is 15.8 Å². The molecule has 0 saturated carbocycles. The molecule has 5 heteroatoms. The van der Waals surface area contributed by atoms with E-state index in [1.807, 2.05) is 19.1 Å². The Morgan fingerprint density at radius 2 is 1.95 bits per heavy atom. The smallest absolute Gasteiger partial charge is 0.306 e. The standard InChI is InChI=1S/C16H24N2O3/c1-3-4-11-18-16(20)12(2)21-15(19)10-7-13-5-8-14(17)9-6-13/h5-6,8-9,12H,3-4,7,10-11,17H2,1-2H3,(H,18,20). The van der Waals surface area contributed by atoms with Gasteiger partial charge in [-0.05, 0) is 37.5 Å². The third kappa shape index (κ3) is 6.79. The molecule has 0 bridgehead atoms. The van der Waals surface area contributed by atoms with Gasteiger partial charge in [-0.3, -0.25) is 9.59 Å². The van der Waals surface area contributed by atoms with Crippen molar-refractivity contribution in [2.24, 2.45) is 0 Å². The molecule has 0 heterocycles. The van der Waals surface area contributed by atoms with E-state index in [-0.39, 0.29) is 18.3 Å². The highest BCUT2D eigenvalue weighted by atomic mass is 16.5. The predicted octanol–water partition coefficient (Wildman–Crippen LogP) is 2.05. The first-order valence-corrected chi connectivity index (χ1v) is 7.34. The molecule has 1 atom stereocenters. The van der Waals surface area contributed by atoms with E-state index in [1.54, 1.807) is 19.1 Å². The fourth-order valence-electron chi connectivity index (χ4n) is 1.77. The molecule has 1 aromatic carbocycles. The Morgan fingerprint density at radius 3 is 2.57 bits per heavy atom. The minimum atomic E-state index is -0.749. The van der Waals surface area contributed by atoms with Crippen LogP contribution in [-0.2, 0) is 20.7 Å². The van der Waals surface area contributed by atoms with Gasteiger partial charge in [-0.1, -0.05) is 25.5 Å². The summed E-state index contributed by atoms with van der Waals surface area (Å²) < 4.78 is 5.11. The van der Waals surface area contributed by atoms with Crippen LogP contribution in [-0.4, -0.2) is 24.5 Å². The van der Waals surface area contributed by atoms with Gasteiger partial charge in [0.05, 0.1) is 0 Å². The van der Waals surface area contributed by atoms with Gasteiger partial charge in [0.2, 0.25) is 0 Å². The van der Waals surface area contributed by atoms with Gasteiger partial charge in [-0.25, -0.2) is 0 Å². The number of anilines is 1. The maximum Gasteiger partial charge on any atom is 0.306 e. The minimum absolute atomic E-state index is 0.246. The van der Waals surface area contributed by atoms with Crippen LogP contribution in [0.4, 0.5) is 5.69 Å². The van der Waals surface area contributed by atoms with Crippen molar-refractivity contribution in [1.82, 2.24) is 5.32 Å². The molecule has 1 aromatic rings. The van der Waals surface area contributed by atoms with Crippen molar-refractivity contribution in [3.8, 4) is 0 Å². The van der Waals surface area contributed by atoms with Crippen LogP contribution in [0.25, 0.3) is 0 Å². The lowest BCUT2D eigenvalue weighted by molar-refractivity contribution is -0.154. The largest absolute Gasteiger partial charge is 0.453 e. The van der Waals surface area contributed by atoms with Crippen LogP contribution in [0.15, 0.2) is 24.3 Å². The summed E-state index contributed by atoms with van der Waals surface area (Å²) in [5, 5.41) is 2.74. The lowest BCUT2D eigenvalue weighted by atomic mass is 10.1. The molecule has 0 aliphatic carbocycles. The summed E-state index contributed by atoms with van der Waals surface area (Å²) >= 11 is 0. The van der Waals surface area contributed by atoms with E-state index in [0.717, 1.165) is 18.4 Å². The van der Waals surface area contributed by atoms with Crippen molar-refractivity contribution in [2.45, 2.75) is 45.6 Å². The number of unbranched alkanes of at least 4 members (excludes halogenated alkanes) is 1. The second-order valence-electron chi connectivity index (χ2n) is 5.02. The molecule has 116 valence electrons. The van der Waals surface area contributed by atoms with Crippen molar-refractivity contribution in [3.05, 3.63) is 29.8 Å². The van der Waals surface area contributed by atoms with Crippen LogP contribution in [0, 0.1) is 0 Å². The van der Waals surface area contributed by atoms with Crippen LogP contribution in [0.2, 0.25) is 0 Å². The Morgan fingerprint density at radius 1 is 1.29 bits per heavy atom. The van der Waals surface area contributed by atoms with Gasteiger partial charge in [0, 0.05) is 18.7 Å². The number of aryl methyl sites for hydroxylation is 1. The molecule has 0 fully saturated rings. The highest BCUT2D eigenvalue weighted by Gasteiger charge is 2.16. The first kappa shape index (κ1) is 17.0. The molecule has 5 nitrogen and oxygen atoms in total. The summed E-state index contributed by atoms with van der Waals surface area (Å²) in [5.41, 5.74) is 7.30. The first-order valence-electron chi connectivity index (χ1n) is 7.34. The number of amides is 1. The second-order valence-corrected chi connectivity index (χ2v) is 5.02. The fourth-order valence-corrected chi connectivity index (χ4v) is 1.77. The summed E-state index contributed by atoms with van der Waals surface area (Å²) in [5.74, 6) is -0.616. The Labute approximate surface area is 125 Å². The lowest BCUT2D eigenvalue weighted by Crippen LogP contribution is -2.36. The van der Waals surface area contributed by atoms with Gasteiger partial charge in [0.15, 0.2) is 6.10 Å². The highest BCUT2D eigenvalue weighted by Crippen LogP contribution is 2.08. The molecule has 0 spiro atoms. The number of nitrogens with one attached hydrogen (secondary N) is 1. The Kier molecular flexibility index (Phi) is 7.29. The highest BCUT2D eigenvalue weighted by molar-refractivity contribution is 5.83. The third-order valence-electron chi connectivity index (χ3n) is 3.10. The molecular weight excluding hydrogens is 268 g/mol. The summed E-state index contributed by atoms with van der Waals surface area (Å²) in [6.45, 7) is 4.25. The van der Waals surface area contributed by atoms with Gasteiger partial charge in [-0.2, -0.15) is 0 Å². The average molecular weight is 292 g/mol. The number of benzene rings is 1. The van der Waals surface area contributed by atoms with Crippen LogP contribution >= 0.6 is 0 Å². The van der Waals surface area contributed by atoms with E-state index in [2.05, 4.69) is 5.32 Å². The lowest BCUT2D eigenvalue weighted by Gasteiger charge is -2.13. The van der Waals surface area contributed by atoms with Crippen LogP contribution in [0.3, 0.4) is 0 Å². The third-order valence-corrected chi connectivity index (χ3v) is 3.10. The van der Waals surface area contributed by atoms with E-state index in [1.165, 1.54) is 0 Å². The Balaban J connectivity index is 2.29. The summed E-state index contributed by atoms with van der Waals surface area (Å²) in [6.07, 6.45) is 2.00. The summed E-state index contributed by atoms with van der Waals surface area (Å²) in [7, 11) is 0. The van der Waals surface area contributed by atoms with Crippen molar-refractivity contribution in [2.75, 3.05) is 12.3 Å². The zero-order valence-corrected chi connectivity index (χ0v) is 12.7. The van der Waals surface area contributed by atoms with Gasteiger partial charge in [-0.15, -0.1) is 0 Å². The van der Waals surface area contributed by atoms with Crippen molar-refractivity contribution >= 4 is 17.6 Å². The molecule has 0 radical (unpaired) electrons. The van der Waals surface area contributed by atoms with Crippen molar-refractivity contribution in [1.29, 1.82) is 0 Å². The molecule has 21 heavy (non-hydrogen) atoms. The fraction of sp³-hybridized carbons (Fsp3) is 0.500. The normalized spacial score (nSPS) is 11.7. The van der Waals surface area contributed by atoms with Crippen molar-refractivity contribution < 1.29 is 14.3 Å². The molecule has 0 aliphatic heterocycles. The quantitative estimate of drug-likeness (QED) is 0.436. The van der Waals surface area contributed by atoms with Crippen LogP contribution in [0.1, 0.15) is 38.7 Å². The van der Waals surface area contributed by atoms with Crippen LogP contribution < -0.4 is 11.1 Å². The Hall–Kier alpha value is -2.04. The number of rotatable bonds is 8. The van der Waals surface area contributed by atoms with Gasteiger partial charge in [0.1, 0.15) is 0 Å². The first-order chi connectivity index (χ1) is 10.0. The number of carbonyl (C=O) groups is 2. The minimum Gasteiger partial charge on any atom is -0.453 e. The molecule has 0 aromatic heterocycles. The van der Waals surface area contributed by atoms with Gasteiger partial charge >= 0.3 is 5.97 Å². The van der Waals surface area contributed by atoms with Gasteiger partial charge in [0.25, 0.3) is 5.91 Å². The topological polar surface area (TPSA) is 81.4 Å². The summed E-state index contributed by atoms with van der Waals surface area (Å²) in [6, 6.07) is 7.35. The monoisotopic (exact) mass is 292 g/mol. The maximum atomic E-state index is 11.7. The molecule has 1 rings (SSSR count). The van der Waals surface area contributed by atoms with E-state index in [0.29, 0.717) is 18.7 Å². The number of nitrogens with two attached hydrogens (primary N) is 1. The molecule has 1 amide bonds. The number of nitrogen functional groups attached to an aromatic ring is 1. The number of ether oxygens (including phenoxy) is 1. The SMILES string of the molecule is CCCCNC(=O)C(C)OC(=O)CCc1ccc(N)cc1. The molecule has 0 aliphatic rings. The zero-order valence-electron chi connectivity index (χ0n) is 12.7.